The van der Waals surface area contributed by atoms with Crippen molar-refractivity contribution in [3.63, 3.8) is 0 Å². The van der Waals surface area contributed by atoms with Gasteiger partial charge in [0.1, 0.15) is 0 Å². The number of hydrogen-bond acceptors (Lipinski definition) is 8. The number of unbranched alkanes of at least 4 members (excludes halogenated alkanes) is 28. The minimum atomic E-state index is -1.43. The van der Waals surface area contributed by atoms with E-state index in [-0.39, 0.29) is 67.4 Å². The van der Waals surface area contributed by atoms with E-state index in [1.165, 1.54) is 154 Å². The summed E-state index contributed by atoms with van der Waals surface area (Å²) in [5, 5.41) is 43.8. The normalized spacial score (nSPS) is 11.7. The molecule has 12 nitrogen and oxygen atoms in total. The average Bonchev–Trinajstić information content (AvgIpc) is 3.17. The number of carboxylic acids is 4. The SMILES string of the molecule is CCCCCCCCCCCCCCCCCC(=O)N[C@@H](CCC(=O)O)C(=O)[O-].CCCCCCCCCCCCCCCCCC(=O)N[C@@H](CCC(=O)O)C(=O)[O-].[Cu+2]. The molecule has 0 bridgehead atoms. The Morgan fingerprint density at radius 1 is 0.373 bits per heavy atom. The minimum absolute atomic E-state index is 0. The number of carbonyl (C=O) groups is 6. The van der Waals surface area contributed by atoms with Gasteiger partial charge in [0.25, 0.3) is 0 Å². The van der Waals surface area contributed by atoms with E-state index in [0.717, 1.165) is 38.5 Å². The van der Waals surface area contributed by atoms with Crippen LogP contribution < -0.4 is 20.8 Å². The fraction of sp³-hybridized carbons (Fsp3) is 0.870. The van der Waals surface area contributed by atoms with Crippen LogP contribution in [0.1, 0.15) is 245 Å². The van der Waals surface area contributed by atoms with Crippen LogP contribution in [0.3, 0.4) is 0 Å². The van der Waals surface area contributed by atoms with E-state index in [1.807, 2.05) is 0 Å². The van der Waals surface area contributed by atoms with Gasteiger partial charge >= 0.3 is 29.0 Å². The summed E-state index contributed by atoms with van der Waals surface area (Å²) in [6.07, 6.45) is 37.1. The summed E-state index contributed by atoms with van der Waals surface area (Å²) in [6.45, 7) is 4.50. The predicted molar refractivity (Wildman–Crippen MR) is 227 cm³/mol. The van der Waals surface area contributed by atoms with Gasteiger partial charge < -0.3 is 40.6 Å². The molecule has 0 aliphatic carbocycles. The Morgan fingerprint density at radius 3 is 0.763 bits per heavy atom. The maximum Gasteiger partial charge on any atom is 2.00 e. The molecule has 349 valence electrons. The predicted octanol–water partition coefficient (Wildman–Crippen LogP) is 8.69. The summed E-state index contributed by atoms with van der Waals surface area (Å²) in [4.78, 5) is 66.5. The molecule has 0 aromatic heterocycles. The summed E-state index contributed by atoms with van der Waals surface area (Å²) in [5.41, 5.74) is 0. The Morgan fingerprint density at radius 2 is 0.576 bits per heavy atom. The third kappa shape index (κ3) is 47.9. The Balaban J connectivity index is -0.00000105. The number of nitrogens with one attached hydrogen (secondary N) is 2. The summed E-state index contributed by atoms with van der Waals surface area (Å²) in [5.74, 6) is -5.74. The monoisotopic (exact) mass is 888 g/mol. The van der Waals surface area contributed by atoms with Crippen molar-refractivity contribution < 1.29 is 66.3 Å². The molecule has 2 atom stereocenters. The van der Waals surface area contributed by atoms with Crippen molar-refractivity contribution in [2.75, 3.05) is 0 Å². The molecule has 0 saturated heterocycles. The van der Waals surface area contributed by atoms with Gasteiger partial charge in [-0.1, -0.05) is 194 Å². The van der Waals surface area contributed by atoms with Crippen LogP contribution in [0.5, 0.6) is 0 Å². The Labute approximate surface area is 368 Å². The zero-order valence-corrected chi connectivity index (χ0v) is 38.0. The Hall–Kier alpha value is -2.66. The van der Waals surface area contributed by atoms with Crippen LogP contribution >= 0.6 is 0 Å². The smallest absolute Gasteiger partial charge is 0.548 e. The fourth-order valence-electron chi connectivity index (χ4n) is 6.88. The van der Waals surface area contributed by atoms with Crippen molar-refractivity contribution in [3.8, 4) is 0 Å². The molecule has 0 aromatic rings. The summed E-state index contributed by atoms with van der Waals surface area (Å²) < 4.78 is 0. The summed E-state index contributed by atoms with van der Waals surface area (Å²) >= 11 is 0. The number of carboxylic acid groups (broad SMARTS) is 4. The van der Waals surface area contributed by atoms with Gasteiger partial charge in [0, 0.05) is 25.7 Å². The summed E-state index contributed by atoms with van der Waals surface area (Å²) in [7, 11) is 0. The van der Waals surface area contributed by atoms with Gasteiger partial charge in [-0.3, -0.25) is 19.2 Å². The van der Waals surface area contributed by atoms with Gasteiger partial charge in [-0.05, 0) is 25.7 Å². The molecule has 59 heavy (non-hydrogen) atoms. The first-order valence-corrected chi connectivity index (χ1v) is 23.4. The van der Waals surface area contributed by atoms with Gasteiger partial charge in [0.05, 0.1) is 24.0 Å². The topological polar surface area (TPSA) is 213 Å². The van der Waals surface area contributed by atoms with E-state index >= 15 is 0 Å². The average molecular weight is 889 g/mol. The molecule has 13 heteroatoms. The second-order valence-electron chi connectivity index (χ2n) is 16.1. The van der Waals surface area contributed by atoms with Crippen molar-refractivity contribution in [2.45, 2.75) is 257 Å². The van der Waals surface area contributed by atoms with E-state index in [1.54, 1.807) is 0 Å². The van der Waals surface area contributed by atoms with E-state index in [9.17, 15) is 39.0 Å². The maximum absolute atomic E-state index is 11.8. The molecular formula is C46H84CuN2O10. The van der Waals surface area contributed by atoms with Gasteiger partial charge in [-0.15, -0.1) is 0 Å². The van der Waals surface area contributed by atoms with Gasteiger partial charge in [0.15, 0.2) is 0 Å². The van der Waals surface area contributed by atoms with Crippen LogP contribution in [-0.2, 0) is 45.8 Å². The van der Waals surface area contributed by atoms with Gasteiger partial charge in [-0.25, -0.2) is 0 Å². The molecule has 0 aliphatic rings. The van der Waals surface area contributed by atoms with E-state index < -0.39 is 36.0 Å². The van der Waals surface area contributed by atoms with Crippen molar-refractivity contribution >= 4 is 35.7 Å². The molecule has 0 saturated carbocycles. The molecule has 2 amide bonds. The van der Waals surface area contributed by atoms with Crippen LogP contribution in [0.25, 0.3) is 0 Å². The first-order chi connectivity index (χ1) is 27.9. The van der Waals surface area contributed by atoms with Crippen molar-refractivity contribution in [2.24, 2.45) is 0 Å². The van der Waals surface area contributed by atoms with Crippen molar-refractivity contribution in [3.05, 3.63) is 0 Å². The Bertz CT molecular complexity index is 965. The zero-order chi connectivity index (χ0) is 43.5. The molecule has 0 spiro atoms. The van der Waals surface area contributed by atoms with Gasteiger partial charge in [-0.2, -0.15) is 0 Å². The van der Waals surface area contributed by atoms with Crippen LogP contribution in [-0.4, -0.2) is 58.0 Å². The zero-order valence-electron chi connectivity index (χ0n) is 37.1. The maximum atomic E-state index is 11.8. The third-order valence-electron chi connectivity index (χ3n) is 10.5. The van der Waals surface area contributed by atoms with E-state index in [0.29, 0.717) is 0 Å². The molecule has 0 heterocycles. The van der Waals surface area contributed by atoms with E-state index in [2.05, 4.69) is 24.5 Å². The summed E-state index contributed by atoms with van der Waals surface area (Å²) in [6, 6.07) is -2.45. The quantitative estimate of drug-likeness (QED) is 0.0338. The molecule has 0 aliphatic heterocycles. The first-order valence-electron chi connectivity index (χ1n) is 23.4. The molecule has 0 fully saturated rings. The molecule has 4 N–H and O–H groups in total. The largest absolute Gasteiger partial charge is 2.00 e. The number of rotatable bonds is 42. The van der Waals surface area contributed by atoms with Crippen LogP contribution in [0, 0.1) is 0 Å². The van der Waals surface area contributed by atoms with Crippen LogP contribution in [0.4, 0.5) is 0 Å². The second-order valence-corrected chi connectivity index (χ2v) is 16.1. The third-order valence-corrected chi connectivity index (χ3v) is 10.5. The number of hydrogen-bond donors (Lipinski definition) is 4. The molecule has 0 rings (SSSR count). The molecular weight excluding hydrogens is 804 g/mol. The first kappa shape index (κ1) is 60.6. The van der Waals surface area contributed by atoms with Crippen LogP contribution in [0.2, 0.25) is 0 Å². The Kier molecular flexibility index (Phi) is 47.7. The van der Waals surface area contributed by atoms with Crippen LogP contribution in [0.15, 0.2) is 0 Å². The molecule has 0 unspecified atom stereocenters. The van der Waals surface area contributed by atoms with Crippen molar-refractivity contribution in [1.29, 1.82) is 0 Å². The fourth-order valence-corrected chi connectivity index (χ4v) is 6.88. The van der Waals surface area contributed by atoms with Gasteiger partial charge in [0.2, 0.25) is 11.8 Å². The molecule has 1 radical (unpaired) electrons. The molecule has 0 aromatic carbocycles. The number of carbonyl (C=O) groups excluding carboxylic acids is 4. The van der Waals surface area contributed by atoms with Crippen molar-refractivity contribution in [1.82, 2.24) is 10.6 Å². The van der Waals surface area contributed by atoms with E-state index in [4.69, 9.17) is 10.2 Å². The number of aliphatic carboxylic acids is 4. The number of amides is 2. The second kappa shape index (κ2) is 46.4. The standard InChI is InChI=1S/2C23H43NO5.Cu/c2*1-2-3-4-5-6-7-8-9-10-11-12-13-14-15-16-17-21(25)24-20(23(28)29)18-19-22(26)27;/h2*20H,2-19H2,1H3,(H,24,25)(H,26,27)(H,28,29);/q;;+2/p-2/t2*20-;/m00./s1. The minimum Gasteiger partial charge on any atom is -0.548 e.